The maximum absolute atomic E-state index is 10.4. The Morgan fingerprint density at radius 1 is 1.50 bits per heavy atom. The number of carbonyl (C=O) groups is 1. The number of carboxylic acids is 1. The third-order valence-corrected chi connectivity index (χ3v) is 1.89. The Kier molecular flexibility index (Phi) is 2.33. The molecule has 0 atom stereocenters. The Morgan fingerprint density at radius 2 is 2.20 bits per heavy atom. The summed E-state index contributed by atoms with van der Waals surface area (Å²) < 4.78 is 1.02. The van der Waals surface area contributed by atoms with Crippen molar-refractivity contribution in [2.24, 2.45) is 0 Å². The minimum atomic E-state index is -0.864. The summed E-state index contributed by atoms with van der Waals surface area (Å²) in [5.74, 6) is -0.864. The van der Waals surface area contributed by atoms with Crippen molar-refractivity contribution in [2.75, 3.05) is 0 Å². The summed E-state index contributed by atoms with van der Waals surface area (Å²) in [5.41, 5.74) is 0.360. The summed E-state index contributed by atoms with van der Waals surface area (Å²) in [7, 11) is 0. The van der Waals surface area contributed by atoms with Gasteiger partial charge in [0.2, 0.25) is 0 Å². The van der Waals surface area contributed by atoms with E-state index in [-0.39, 0.29) is 0 Å². The predicted octanol–water partition coefficient (Wildman–Crippen LogP) is 0.179. The van der Waals surface area contributed by atoms with E-state index in [9.17, 15) is 4.79 Å². The van der Waals surface area contributed by atoms with E-state index >= 15 is 0 Å². The van der Waals surface area contributed by atoms with Gasteiger partial charge >= 0.3 is 72.2 Å². The molecule has 3 heteroatoms. The van der Waals surface area contributed by atoms with Crippen LogP contribution in [-0.4, -0.2) is 34.1 Å². The second-order valence-electron chi connectivity index (χ2n) is 1.86. The summed E-state index contributed by atoms with van der Waals surface area (Å²) in [5, 5.41) is 8.51. The summed E-state index contributed by atoms with van der Waals surface area (Å²) >= 11 is 1.52. The maximum atomic E-state index is 10.4. The van der Waals surface area contributed by atoms with Gasteiger partial charge in [0.15, 0.2) is 0 Å². The average molecular weight is 243 g/mol. The molecule has 1 N–H and O–H groups in total. The van der Waals surface area contributed by atoms with E-state index in [1.54, 1.807) is 18.2 Å². The van der Waals surface area contributed by atoms with Crippen LogP contribution in [0.15, 0.2) is 24.3 Å². The quantitative estimate of drug-likeness (QED) is 0.714. The summed E-state index contributed by atoms with van der Waals surface area (Å²) in [6, 6.07) is 6.89. The molecule has 1 rings (SSSR count). The van der Waals surface area contributed by atoms with Crippen molar-refractivity contribution in [3.05, 3.63) is 29.8 Å². The molecule has 0 bridgehead atoms. The van der Waals surface area contributed by atoms with Crippen molar-refractivity contribution < 1.29 is 9.90 Å². The van der Waals surface area contributed by atoms with Crippen molar-refractivity contribution in [3.63, 3.8) is 0 Å². The van der Waals surface area contributed by atoms with Crippen LogP contribution in [0.4, 0.5) is 0 Å². The molecule has 0 saturated heterocycles. The molecule has 0 aliphatic heterocycles. The second-order valence-corrected chi connectivity index (χ2v) is 3.33. The molecular formula is C7H5O2Sb. The zero-order chi connectivity index (χ0) is 7.56. The number of hydrogen-bond donors (Lipinski definition) is 1. The third-order valence-electron chi connectivity index (χ3n) is 1.09. The van der Waals surface area contributed by atoms with E-state index in [1.807, 2.05) is 6.07 Å². The van der Waals surface area contributed by atoms with Crippen LogP contribution in [0.2, 0.25) is 0 Å². The first-order chi connectivity index (χ1) is 4.70. The van der Waals surface area contributed by atoms with Gasteiger partial charge in [-0.05, 0) is 0 Å². The molecule has 2 nitrogen and oxygen atoms in total. The first kappa shape index (κ1) is 7.61. The van der Waals surface area contributed by atoms with Gasteiger partial charge in [-0.15, -0.1) is 0 Å². The molecule has 0 spiro atoms. The molecule has 1 aromatic carbocycles. The van der Waals surface area contributed by atoms with Gasteiger partial charge in [-0.25, -0.2) is 0 Å². The molecular weight excluding hydrogens is 238 g/mol. The fourth-order valence-corrected chi connectivity index (χ4v) is 1.28. The Labute approximate surface area is 72.4 Å². The Hall–Kier alpha value is -0.492. The molecule has 1 aromatic rings. The standard InChI is InChI=1S/C7H5O2.Sb/c8-7(9)6-4-2-1-3-5-6;/h1-2,4-5H,(H,8,9);. The zero-order valence-electron chi connectivity index (χ0n) is 5.11. The molecule has 50 valence electrons. The molecule has 0 heterocycles. The minimum absolute atomic E-state index is 0.360. The normalized spacial score (nSPS) is 9.30. The first-order valence-corrected chi connectivity index (χ1v) is 4.00. The van der Waals surface area contributed by atoms with Crippen molar-refractivity contribution in [3.8, 4) is 0 Å². The van der Waals surface area contributed by atoms with Gasteiger partial charge in [0.25, 0.3) is 0 Å². The van der Waals surface area contributed by atoms with E-state index in [4.69, 9.17) is 5.11 Å². The van der Waals surface area contributed by atoms with Gasteiger partial charge in [-0.1, -0.05) is 0 Å². The molecule has 0 saturated carbocycles. The van der Waals surface area contributed by atoms with Crippen LogP contribution in [-0.2, 0) is 0 Å². The average Bonchev–Trinajstić information content (AvgIpc) is 1.88. The summed E-state index contributed by atoms with van der Waals surface area (Å²) in [6.45, 7) is 0. The molecule has 2 radical (unpaired) electrons. The Bertz CT molecular complexity index is 258. The van der Waals surface area contributed by atoms with Crippen LogP contribution in [0.3, 0.4) is 0 Å². The van der Waals surface area contributed by atoms with E-state index < -0.39 is 5.97 Å². The number of aromatic carboxylic acids is 1. The van der Waals surface area contributed by atoms with Crippen LogP contribution >= 0.6 is 0 Å². The van der Waals surface area contributed by atoms with Gasteiger partial charge in [-0.2, -0.15) is 0 Å². The van der Waals surface area contributed by atoms with Crippen molar-refractivity contribution in [1.29, 1.82) is 0 Å². The fourth-order valence-electron chi connectivity index (χ4n) is 0.639. The van der Waals surface area contributed by atoms with Crippen LogP contribution in [0.1, 0.15) is 10.4 Å². The topological polar surface area (TPSA) is 37.3 Å². The van der Waals surface area contributed by atoms with Gasteiger partial charge in [-0.3, -0.25) is 0 Å². The molecule has 10 heavy (non-hydrogen) atoms. The van der Waals surface area contributed by atoms with Gasteiger partial charge in [0, 0.05) is 0 Å². The predicted molar refractivity (Wildman–Crippen MR) is 38.8 cm³/mol. The van der Waals surface area contributed by atoms with Crippen LogP contribution < -0.4 is 3.51 Å². The van der Waals surface area contributed by atoms with Crippen LogP contribution in [0.5, 0.6) is 0 Å². The van der Waals surface area contributed by atoms with Gasteiger partial charge in [0.05, 0.1) is 0 Å². The second kappa shape index (κ2) is 3.07. The number of rotatable bonds is 1. The van der Waals surface area contributed by atoms with Gasteiger partial charge < -0.3 is 0 Å². The van der Waals surface area contributed by atoms with Crippen LogP contribution in [0.25, 0.3) is 0 Å². The Balaban J connectivity index is 3.07. The van der Waals surface area contributed by atoms with E-state index in [0.29, 0.717) is 5.56 Å². The molecule has 0 unspecified atom stereocenters. The molecule has 0 aliphatic carbocycles. The first-order valence-electron chi connectivity index (χ1n) is 2.72. The Morgan fingerprint density at radius 3 is 2.60 bits per heavy atom. The number of carboxylic acid groups (broad SMARTS) is 1. The van der Waals surface area contributed by atoms with E-state index in [0.717, 1.165) is 3.51 Å². The summed E-state index contributed by atoms with van der Waals surface area (Å²) in [6.07, 6.45) is 0. The molecule has 0 aromatic heterocycles. The van der Waals surface area contributed by atoms with Crippen molar-refractivity contribution in [2.45, 2.75) is 0 Å². The van der Waals surface area contributed by atoms with E-state index in [1.165, 1.54) is 23.0 Å². The zero-order valence-corrected chi connectivity index (χ0v) is 7.66. The van der Waals surface area contributed by atoms with Crippen LogP contribution in [0, 0.1) is 0 Å². The number of hydrogen-bond acceptors (Lipinski definition) is 1. The molecule has 0 fully saturated rings. The van der Waals surface area contributed by atoms with E-state index in [2.05, 4.69) is 0 Å². The van der Waals surface area contributed by atoms with Crippen molar-refractivity contribution >= 4 is 32.5 Å². The number of benzene rings is 1. The van der Waals surface area contributed by atoms with Gasteiger partial charge in [0.1, 0.15) is 0 Å². The molecule has 0 aliphatic rings. The third kappa shape index (κ3) is 1.74. The van der Waals surface area contributed by atoms with Crippen molar-refractivity contribution in [1.82, 2.24) is 0 Å². The molecule has 0 amide bonds. The summed E-state index contributed by atoms with van der Waals surface area (Å²) in [4.78, 5) is 10.4. The monoisotopic (exact) mass is 242 g/mol. The SMILES string of the molecule is O=C(O)c1ccc[c]([Sb])c1. The fraction of sp³-hybridized carbons (Fsp3) is 0.